The van der Waals surface area contributed by atoms with Gasteiger partial charge in [0.15, 0.2) is 0 Å². The second-order valence-electron chi connectivity index (χ2n) is 5.37. The fourth-order valence-corrected chi connectivity index (χ4v) is 2.75. The number of aliphatic hydroxyl groups is 1. The predicted octanol–water partition coefficient (Wildman–Crippen LogP) is 0.522. The quantitative estimate of drug-likeness (QED) is 0.859. The summed E-state index contributed by atoms with van der Waals surface area (Å²) in [6.45, 7) is 0. The Balaban J connectivity index is 1.61. The van der Waals surface area contributed by atoms with Crippen LogP contribution in [0.4, 0.5) is 0 Å². The molecule has 6 heteroatoms. The van der Waals surface area contributed by atoms with Gasteiger partial charge in [-0.15, -0.1) is 10.2 Å². The molecule has 0 spiro atoms. The number of aromatic nitrogens is 3. The van der Waals surface area contributed by atoms with Gasteiger partial charge in [-0.1, -0.05) is 24.3 Å². The predicted molar refractivity (Wildman–Crippen MR) is 76.4 cm³/mol. The van der Waals surface area contributed by atoms with Crippen molar-refractivity contribution >= 4 is 5.91 Å². The van der Waals surface area contributed by atoms with Crippen LogP contribution in [-0.2, 0) is 24.7 Å². The summed E-state index contributed by atoms with van der Waals surface area (Å²) >= 11 is 0. The molecule has 0 unspecified atom stereocenters. The van der Waals surface area contributed by atoms with E-state index in [0.717, 1.165) is 17.0 Å². The fourth-order valence-electron chi connectivity index (χ4n) is 2.75. The second-order valence-corrected chi connectivity index (χ2v) is 5.37. The maximum atomic E-state index is 12.1. The van der Waals surface area contributed by atoms with E-state index < -0.39 is 6.10 Å². The third kappa shape index (κ3) is 2.80. The molecule has 2 N–H and O–H groups in total. The van der Waals surface area contributed by atoms with E-state index in [9.17, 15) is 9.90 Å². The summed E-state index contributed by atoms with van der Waals surface area (Å²) in [5, 5.41) is 20.8. The monoisotopic (exact) mass is 286 g/mol. The average Bonchev–Trinajstić information content (AvgIpc) is 3.01. The molecule has 0 fully saturated rings. The van der Waals surface area contributed by atoms with Gasteiger partial charge in [0.1, 0.15) is 12.2 Å². The van der Waals surface area contributed by atoms with Crippen LogP contribution < -0.4 is 5.32 Å². The number of hydrogen-bond acceptors (Lipinski definition) is 4. The zero-order valence-electron chi connectivity index (χ0n) is 11.9. The highest BCUT2D eigenvalue weighted by Gasteiger charge is 2.31. The van der Waals surface area contributed by atoms with Gasteiger partial charge in [-0.25, -0.2) is 0 Å². The first-order valence-electron chi connectivity index (χ1n) is 7.03. The van der Waals surface area contributed by atoms with E-state index in [-0.39, 0.29) is 11.9 Å². The van der Waals surface area contributed by atoms with Crippen LogP contribution in [0.1, 0.15) is 29.4 Å². The summed E-state index contributed by atoms with van der Waals surface area (Å²) in [5.74, 6) is 0.691. The summed E-state index contributed by atoms with van der Waals surface area (Å²) in [5.41, 5.74) is 2.11. The van der Waals surface area contributed by atoms with Gasteiger partial charge in [0.05, 0.1) is 12.1 Å². The molecule has 1 amide bonds. The first-order valence-corrected chi connectivity index (χ1v) is 7.03. The number of aliphatic hydroxyl groups excluding tert-OH is 1. The molecular weight excluding hydrogens is 268 g/mol. The smallest absolute Gasteiger partial charge is 0.221 e. The molecule has 1 aromatic carbocycles. The van der Waals surface area contributed by atoms with E-state index >= 15 is 0 Å². The number of rotatable bonds is 4. The minimum absolute atomic E-state index is 0.0845. The van der Waals surface area contributed by atoms with Crippen molar-refractivity contribution in [2.45, 2.75) is 31.4 Å². The molecule has 0 saturated heterocycles. The van der Waals surface area contributed by atoms with Gasteiger partial charge in [-0.3, -0.25) is 4.79 Å². The summed E-state index contributed by atoms with van der Waals surface area (Å²) in [4.78, 5) is 12.1. The van der Waals surface area contributed by atoms with Crippen LogP contribution in [0.2, 0.25) is 0 Å². The molecule has 110 valence electrons. The highest BCUT2D eigenvalue weighted by atomic mass is 16.3. The lowest BCUT2D eigenvalue weighted by molar-refractivity contribution is -0.122. The van der Waals surface area contributed by atoms with Crippen molar-refractivity contribution in [3.05, 3.63) is 47.5 Å². The van der Waals surface area contributed by atoms with Crippen molar-refractivity contribution in [3.8, 4) is 0 Å². The van der Waals surface area contributed by atoms with E-state index in [1.54, 1.807) is 10.9 Å². The number of nitrogens with one attached hydrogen (secondary N) is 1. The molecular formula is C15H18N4O2. The first kappa shape index (κ1) is 13.8. The lowest BCUT2D eigenvalue weighted by Gasteiger charge is -2.17. The Kier molecular flexibility index (Phi) is 3.70. The van der Waals surface area contributed by atoms with Gasteiger partial charge in [-0.2, -0.15) is 0 Å². The molecule has 2 atom stereocenters. The van der Waals surface area contributed by atoms with Crippen molar-refractivity contribution in [2.24, 2.45) is 7.05 Å². The lowest BCUT2D eigenvalue weighted by Crippen LogP contribution is -2.34. The molecule has 0 bridgehead atoms. The summed E-state index contributed by atoms with van der Waals surface area (Å²) in [7, 11) is 1.85. The third-order valence-corrected chi connectivity index (χ3v) is 3.90. The molecule has 1 aliphatic carbocycles. The SMILES string of the molecule is Cn1cnnc1CCC(=O)N[C@@H]1c2ccccc2C[C@H]1O. The summed E-state index contributed by atoms with van der Waals surface area (Å²) in [6.07, 6.45) is 2.51. The van der Waals surface area contributed by atoms with Crippen LogP contribution in [0.25, 0.3) is 0 Å². The number of hydrogen-bond donors (Lipinski definition) is 2. The van der Waals surface area contributed by atoms with E-state index in [4.69, 9.17) is 0 Å². The minimum Gasteiger partial charge on any atom is -0.390 e. The number of carbonyl (C=O) groups excluding carboxylic acids is 1. The maximum Gasteiger partial charge on any atom is 0.221 e. The Labute approximate surface area is 122 Å². The molecule has 21 heavy (non-hydrogen) atoms. The second kappa shape index (κ2) is 5.65. The van der Waals surface area contributed by atoms with Crippen molar-refractivity contribution in [3.63, 3.8) is 0 Å². The van der Waals surface area contributed by atoms with Crippen molar-refractivity contribution in [1.82, 2.24) is 20.1 Å². The largest absolute Gasteiger partial charge is 0.390 e. The molecule has 1 heterocycles. The van der Waals surface area contributed by atoms with Crippen molar-refractivity contribution in [1.29, 1.82) is 0 Å². The first-order chi connectivity index (χ1) is 10.1. The van der Waals surface area contributed by atoms with Gasteiger partial charge < -0.3 is 15.0 Å². The normalized spacial score (nSPS) is 20.3. The summed E-state index contributed by atoms with van der Waals surface area (Å²) < 4.78 is 1.80. The third-order valence-electron chi connectivity index (χ3n) is 3.90. The Morgan fingerprint density at radius 3 is 3.05 bits per heavy atom. The zero-order chi connectivity index (χ0) is 14.8. The number of fused-ring (bicyclic) bond motifs is 1. The standard InChI is InChI=1S/C15H18N4O2/c1-19-9-16-18-13(19)6-7-14(21)17-15-11-5-3-2-4-10(11)8-12(15)20/h2-5,9,12,15,20H,6-8H2,1H3,(H,17,21)/t12-,15-/m1/s1. The molecule has 1 aromatic heterocycles. The van der Waals surface area contributed by atoms with Crippen LogP contribution in [0.5, 0.6) is 0 Å². The maximum absolute atomic E-state index is 12.1. The molecule has 0 aliphatic heterocycles. The minimum atomic E-state index is -0.554. The molecule has 3 rings (SSSR count). The molecule has 1 aliphatic rings. The van der Waals surface area contributed by atoms with Gasteiger partial charge in [-0.05, 0) is 11.1 Å². The van der Waals surface area contributed by atoms with E-state index in [1.807, 2.05) is 31.3 Å². The Morgan fingerprint density at radius 2 is 2.29 bits per heavy atom. The molecule has 0 radical (unpaired) electrons. The number of amides is 1. The number of carbonyl (C=O) groups is 1. The van der Waals surface area contributed by atoms with E-state index in [1.165, 1.54) is 0 Å². The lowest BCUT2D eigenvalue weighted by atomic mass is 10.1. The Hall–Kier alpha value is -2.21. The number of benzene rings is 1. The topological polar surface area (TPSA) is 80.0 Å². The van der Waals surface area contributed by atoms with Gasteiger partial charge in [0.2, 0.25) is 5.91 Å². The van der Waals surface area contributed by atoms with Gasteiger partial charge in [0.25, 0.3) is 0 Å². The van der Waals surface area contributed by atoms with Gasteiger partial charge >= 0.3 is 0 Å². The molecule has 0 saturated carbocycles. The highest BCUT2D eigenvalue weighted by molar-refractivity contribution is 5.77. The number of nitrogens with zero attached hydrogens (tertiary/aromatic N) is 3. The van der Waals surface area contributed by atoms with Crippen LogP contribution in [-0.4, -0.2) is 31.9 Å². The van der Waals surface area contributed by atoms with Crippen LogP contribution in [0.3, 0.4) is 0 Å². The van der Waals surface area contributed by atoms with Crippen LogP contribution in [0.15, 0.2) is 30.6 Å². The van der Waals surface area contributed by atoms with E-state index in [0.29, 0.717) is 19.3 Å². The summed E-state index contributed by atoms with van der Waals surface area (Å²) in [6, 6.07) is 7.51. The Morgan fingerprint density at radius 1 is 1.48 bits per heavy atom. The average molecular weight is 286 g/mol. The fraction of sp³-hybridized carbons (Fsp3) is 0.400. The molecule has 2 aromatic rings. The van der Waals surface area contributed by atoms with Crippen molar-refractivity contribution in [2.75, 3.05) is 0 Å². The van der Waals surface area contributed by atoms with Crippen LogP contribution in [0, 0.1) is 0 Å². The zero-order valence-corrected chi connectivity index (χ0v) is 11.9. The van der Waals surface area contributed by atoms with E-state index in [2.05, 4.69) is 15.5 Å². The van der Waals surface area contributed by atoms with Crippen molar-refractivity contribution < 1.29 is 9.90 Å². The highest BCUT2D eigenvalue weighted by Crippen LogP contribution is 2.31. The molecule has 6 nitrogen and oxygen atoms in total. The number of aryl methyl sites for hydroxylation is 2. The van der Waals surface area contributed by atoms with Gasteiger partial charge in [0, 0.05) is 26.3 Å². The van der Waals surface area contributed by atoms with Crippen LogP contribution >= 0.6 is 0 Å². The Bertz CT molecular complexity index is 653.